The molecule has 0 atom stereocenters. The highest BCUT2D eigenvalue weighted by Crippen LogP contribution is 2.22. The molecule has 3 N–H and O–H groups in total. The average molecular weight is 312 g/mol. The van der Waals surface area contributed by atoms with Gasteiger partial charge in [-0.15, -0.1) is 11.8 Å². The summed E-state index contributed by atoms with van der Waals surface area (Å²) in [6.07, 6.45) is 0. The molecule has 3 nitrogen and oxygen atoms in total. The van der Waals surface area contributed by atoms with Gasteiger partial charge in [0.2, 0.25) is 5.91 Å². The standard InChI is InChI=1S/C14H11F3N2OS/c15-8-1-4-13(11(17)5-8)19-14(20)7-21-9-2-3-12(18)10(16)6-9/h1-6H,7,18H2,(H,19,20). The van der Waals surface area contributed by atoms with E-state index in [1.165, 1.54) is 12.1 Å². The molecule has 21 heavy (non-hydrogen) atoms. The van der Waals surface area contributed by atoms with Crippen LogP contribution in [0.3, 0.4) is 0 Å². The van der Waals surface area contributed by atoms with Gasteiger partial charge in [-0.1, -0.05) is 0 Å². The monoisotopic (exact) mass is 312 g/mol. The molecule has 0 bridgehead atoms. The number of nitrogen functional groups attached to an aromatic ring is 1. The van der Waals surface area contributed by atoms with Crippen LogP contribution in [-0.2, 0) is 4.79 Å². The maximum Gasteiger partial charge on any atom is 0.234 e. The lowest BCUT2D eigenvalue weighted by atomic mass is 10.3. The Kier molecular flexibility index (Phi) is 4.74. The fraction of sp³-hybridized carbons (Fsp3) is 0.0714. The average Bonchev–Trinajstić information content (AvgIpc) is 2.43. The minimum absolute atomic E-state index is 0.0252. The fourth-order valence-corrected chi connectivity index (χ4v) is 2.24. The van der Waals surface area contributed by atoms with Crippen LogP contribution in [0.4, 0.5) is 24.5 Å². The van der Waals surface area contributed by atoms with Crippen LogP contribution < -0.4 is 11.1 Å². The van der Waals surface area contributed by atoms with E-state index in [9.17, 15) is 18.0 Å². The molecule has 2 aromatic rings. The van der Waals surface area contributed by atoms with E-state index in [4.69, 9.17) is 5.73 Å². The Morgan fingerprint density at radius 1 is 1.10 bits per heavy atom. The van der Waals surface area contributed by atoms with E-state index >= 15 is 0 Å². The second-order valence-electron chi connectivity index (χ2n) is 4.14. The minimum Gasteiger partial charge on any atom is -0.396 e. The number of hydrogen-bond acceptors (Lipinski definition) is 3. The van der Waals surface area contributed by atoms with E-state index in [-0.39, 0.29) is 17.1 Å². The van der Waals surface area contributed by atoms with Gasteiger partial charge >= 0.3 is 0 Å². The Balaban J connectivity index is 1.94. The van der Waals surface area contributed by atoms with Gasteiger partial charge in [-0.05, 0) is 30.3 Å². The van der Waals surface area contributed by atoms with Crippen molar-refractivity contribution >= 4 is 29.0 Å². The molecule has 2 rings (SSSR count). The third kappa shape index (κ3) is 4.16. The predicted molar refractivity (Wildman–Crippen MR) is 76.5 cm³/mol. The number of halogens is 3. The van der Waals surface area contributed by atoms with Crippen LogP contribution in [0.15, 0.2) is 41.3 Å². The van der Waals surface area contributed by atoms with Crippen molar-refractivity contribution in [3.63, 3.8) is 0 Å². The van der Waals surface area contributed by atoms with E-state index in [0.717, 1.165) is 23.9 Å². The first-order chi connectivity index (χ1) is 9.95. The van der Waals surface area contributed by atoms with Crippen molar-refractivity contribution in [1.29, 1.82) is 0 Å². The van der Waals surface area contributed by atoms with Crippen LogP contribution in [0.1, 0.15) is 0 Å². The van der Waals surface area contributed by atoms with E-state index in [1.807, 2.05) is 0 Å². The van der Waals surface area contributed by atoms with Crippen LogP contribution in [0, 0.1) is 17.5 Å². The molecule has 1 amide bonds. The largest absolute Gasteiger partial charge is 0.396 e. The minimum atomic E-state index is -0.855. The topological polar surface area (TPSA) is 55.1 Å². The van der Waals surface area contributed by atoms with Crippen molar-refractivity contribution in [2.45, 2.75) is 4.90 Å². The summed E-state index contributed by atoms with van der Waals surface area (Å²) in [6, 6.07) is 7.05. The molecule has 2 aromatic carbocycles. The summed E-state index contributed by atoms with van der Waals surface area (Å²) in [5, 5.41) is 2.31. The van der Waals surface area contributed by atoms with Gasteiger partial charge in [-0.2, -0.15) is 0 Å². The van der Waals surface area contributed by atoms with E-state index in [0.29, 0.717) is 11.0 Å². The number of thioether (sulfide) groups is 1. The first-order valence-electron chi connectivity index (χ1n) is 5.88. The smallest absolute Gasteiger partial charge is 0.234 e. The van der Waals surface area contributed by atoms with Crippen LogP contribution in [0.5, 0.6) is 0 Å². The van der Waals surface area contributed by atoms with Crippen LogP contribution in [-0.4, -0.2) is 11.7 Å². The summed E-state index contributed by atoms with van der Waals surface area (Å²) in [5.41, 5.74) is 5.26. The molecular formula is C14H11F3N2OS. The fourth-order valence-electron chi connectivity index (χ4n) is 1.52. The van der Waals surface area contributed by atoms with Crippen LogP contribution in [0.25, 0.3) is 0 Å². The zero-order valence-corrected chi connectivity index (χ0v) is 11.5. The van der Waals surface area contributed by atoms with Crippen molar-refractivity contribution in [1.82, 2.24) is 0 Å². The highest BCUT2D eigenvalue weighted by atomic mass is 32.2. The second kappa shape index (κ2) is 6.53. The molecule has 0 saturated heterocycles. The lowest BCUT2D eigenvalue weighted by Gasteiger charge is -2.07. The van der Waals surface area contributed by atoms with Gasteiger partial charge in [0.15, 0.2) is 0 Å². The molecule has 0 fully saturated rings. The number of hydrogen-bond donors (Lipinski definition) is 2. The molecule has 0 heterocycles. The van der Waals surface area contributed by atoms with Gasteiger partial charge in [0.1, 0.15) is 17.5 Å². The number of nitrogens with one attached hydrogen (secondary N) is 1. The summed E-state index contributed by atoms with van der Waals surface area (Å²) in [7, 11) is 0. The molecule has 0 radical (unpaired) electrons. The lowest BCUT2D eigenvalue weighted by Crippen LogP contribution is -2.15. The van der Waals surface area contributed by atoms with Gasteiger partial charge in [-0.25, -0.2) is 13.2 Å². The van der Waals surface area contributed by atoms with E-state index in [2.05, 4.69) is 5.32 Å². The van der Waals surface area contributed by atoms with Crippen molar-refractivity contribution < 1.29 is 18.0 Å². The quantitative estimate of drug-likeness (QED) is 0.672. The Hall–Kier alpha value is -2.15. The summed E-state index contributed by atoms with van der Waals surface area (Å²) < 4.78 is 39.3. The Morgan fingerprint density at radius 2 is 1.86 bits per heavy atom. The molecule has 0 aliphatic carbocycles. The van der Waals surface area contributed by atoms with Gasteiger partial charge < -0.3 is 11.1 Å². The number of carbonyl (C=O) groups excluding carboxylic acids is 1. The summed E-state index contributed by atoms with van der Waals surface area (Å²) in [6.45, 7) is 0. The van der Waals surface area contributed by atoms with E-state index in [1.54, 1.807) is 6.07 Å². The molecule has 0 spiro atoms. The van der Waals surface area contributed by atoms with Crippen LogP contribution in [0.2, 0.25) is 0 Å². The lowest BCUT2D eigenvalue weighted by molar-refractivity contribution is -0.113. The molecule has 0 unspecified atom stereocenters. The first kappa shape index (κ1) is 15.2. The highest BCUT2D eigenvalue weighted by Gasteiger charge is 2.09. The zero-order valence-electron chi connectivity index (χ0n) is 10.7. The van der Waals surface area contributed by atoms with Crippen molar-refractivity contribution in [2.75, 3.05) is 16.8 Å². The Morgan fingerprint density at radius 3 is 2.52 bits per heavy atom. The normalized spacial score (nSPS) is 10.4. The number of anilines is 2. The van der Waals surface area contributed by atoms with Gasteiger partial charge in [-0.3, -0.25) is 4.79 Å². The van der Waals surface area contributed by atoms with Crippen molar-refractivity contribution in [3.05, 3.63) is 53.8 Å². The highest BCUT2D eigenvalue weighted by molar-refractivity contribution is 8.00. The third-order valence-electron chi connectivity index (χ3n) is 2.55. The summed E-state index contributed by atoms with van der Waals surface area (Å²) in [4.78, 5) is 12.2. The number of nitrogens with two attached hydrogens (primary N) is 1. The third-order valence-corrected chi connectivity index (χ3v) is 3.54. The first-order valence-corrected chi connectivity index (χ1v) is 6.87. The number of carbonyl (C=O) groups is 1. The predicted octanol–water partition coefficient (Wildman–Crippen LogP) is 3.42. The second-order valence-corrected chi connectivity index (χ2v) is 5.19. The molecular weight excluding hydrogens is 301 g/mol. The number of rotatable bonds is 4. The maximum atomic E-state index is 13.3. The SMILES string of the molecule is Nc1ccc(SCC(=O)Nc2ccc(F)cc2F)cc1F. The molecule has 0 saturated carbocycles. The Bertz CT molecular complexity index is 679. The van der Waals surface area contributed by atoms with Gasteiger partial charge in [0.25, 0.3) is 0 Å². The summed E-state index contributed by atoms with van der Waals surface area (Å²) >= 11 is 1.08. The van der Waals surface area contributed by atoms with Crippen LogP contribution >= 0.6 is 11.8 Å². The molecule has 0 aliphatic heterocycles. The summed E-state index contributed by atoms with van der Waals surface area (Å²) in [5.74, 6) is -2.67. The molecule has 110 valence electrons. The Labute approximate surface area is 123 Å². The van der Waals surface area contributed by atoms with Gasteiger partial charge in [0, 0.05) is 11.0 Å². The van der Waals surface area contributed by atoms with Crippen molar-refractivity contribution in [2.24, 2.45) is 0 Å². The molecule has 0 aliphatic rings. The van der Waals surface area contributed by atoms with Gasteiger partial charge in [0.05, 0.1) is 17.1 Å². The maximum absolute atomic E-state index is 13.3. The van der Waals surface area contributed by atoms with E-state index < -0.39 is 23.4 Å². The van der Waals surface area contributed by atoms with Crippen molar-refractivity contribution in [3.8, 4) is 0 Å². The number of amides is 1. The molecule has 0 aromatic heterocycles. The number of benzene rings is 2. The molecule has 7 heteroatoms. The zero-order chi connectivity index (χ0) is 15.4.